The molecule has 3 amide bonds. The van der Waals surface area contributed by atoms with Gasteiger partial charge in [-0.05, 0) is 90.8 Å². The summed E-state index contributed by atoms with van der Waals surface area (Å²) in [5, 5.41) is 12.5. The predicted molar refractivity (Wildman–Crippen MR) is 212 cm³/mol. The van der Waals surface area contributed by atoms with Crippen molar-refractivity contribution in [1.29, 1.82) is 0 Å². The average molecular weight is 776 g/mol. The maximum atomic E-state index is 15.5. The highest BCUT2D eigenvalue weighted by atomic mass is 19.1. The van der Waals surface area contributed by atoms with Gasteiger partial charge in [0.1, 0.15) is 29.2 Å². The minimum absolute atomic E-state index is 0.0132. The third-order valence-corrected chi connectivity index (χ3v) is 12.8. The molecular weight excluding hydrogens is 729 g/mol. The number of amides is 3. The Bertz CT molecular complexity index is 2220. The zero-order valence-corrected chi connectivity index (χ0v) is 32.1. The third kappa shape index (κ3) is 7.20. The van der Waals surface area contributed by atoms with Gasteiger partial charge >= 0.3 is 0 Å². The van der Waals surface area contributed by atoms with Gasteiger partial charge in [-0.25, -0.2) is 8.78 Å². The molecule has 0 radical (unpaired) electrons. The Balaban J connectivity index is 0.797. The number of anilines is 2. The van der Waals surface area contributed by atoms with Crippen molar-refractivity contribution >= 4 is 29.1 Å². The van der Waals surface area contributed by atoms with E-state index in [-0.39, 0.29) is 54.6 Å². The molecule has 5 aliphatic heterocycles. The number of ether oxygens (including phenoxy) is 1. The molecule has 12 heteroatoms. The first-order valence-electron chi connectivity index (χ1n) is 20.1. The number of phenols is 1. The maximum Gasteiger partial charge on any atom is 0.255 e. The molecule has 0 bridgehead atoms. The highest BCUT2D eigenvalue weighted by molar-refractivity contribution is 6.05. The molecule has 296 valence electrons. The maximum absolute atomic E-state index is 15.5. The zero-order chi connectivity index (χ0) is 39.4. The number of hydrogen-bond donors (Lipinski definition) is 2. The largest absolute Gasteiger partial charge is 0.508 e. The first-order chi connectivity index (χ1) is 27.6. The fraction of sp³-hybridized carbons (Fsp3) is 0.400. The lowest BCUT2D eigenvalue weighted by Crippen LogP contribution is -2.52. The fourth-order valence-corrected chi connectivity index (χ4v) is 9.62. The van der Waals surface area contributed by atoms with E-state index in [1.807, 2.05) is 18.2 Å². The van der Waals surface area contributed by atoms with Crippen molar-refractivity contribution in [1.82, 2.24) is 15.1 Å². The number of phenolic OH excluding ortho intramolecular Hbond substituents is 1. The predicted octanol–water partition coefficient (Wildman–Crippen LogP) is 6.09. The number of nitrogens with zero attached hydrogens (tertiary/aromatic N) is 4. The van der Waals surface area contributed by atoms with Crippen molar-refractivity contribution in [2.75, 3.05) is 62.2 Å². The number of aryl methyl sites for hydroxylation is 1. The first-order valence-corrected chi connectivity index (χ1v) is 20.1. The molecule has 0 aromatic heterocycles. The summed E-state index contributed by atoms with van der Waals surface area (Å²) >= 11 is 0. The van der Waals surface area contributed by atoms with Crippen molar-refractivity contribution in [3.63, 3.8) is 0 Å². The summed E-state index contributed by atoms with van der Waals surface area (Å²) in [4.78, 5) is 45.7. The van der Waals surface area contributed by atoms with Gasteiger partial charge in [0.2, 0.25) is 11.8 Å². The molecule has 4 aromatic rings. The number of carbonyl (C=O) groups is 3. The first kappa shape index (κ1) is 37.1. The molecule has 0 aliphatic carbocycles. The quantitative estimate of drug-likeness (QED) is 0.218. The standard InChI is InChI=1S/C45H47F2N5O5/c1-27-20-30(4-9-37(27)46)36-26-57-41-22-33(53)7-8-34(41)43(36)29-2-5-32(6-3-29)50-14-12-28(13-15-50)24-49-16-18-51(19-17-49)40-21-31-25-52(45(56)35(31)23-38(40)47)39-10-11-42(54)48-44(39)55/h2-9,20-23,28,36,39,43,53H,10-19,24-26H2,1H3,(H,48,54,55)/t36-,39+,43?/m1/s1. The summed E-state index contributed by atoms with van der Waals surface area (Å²) in [6.45, 7) is 8.41. The number of fused-ring (bicyclic) bond motifs is 2. The molecule has 9 rings (SSSR count). The van der Waals surface area contributed by atoms with Crippen LogP contribution in [-0.4, -0.2) is 91.1 Å². The summed E-state index contributed by atoms with van der Waals surface area (Å²) < 4.78 is 35.8. The van der Waals surface area contributed by atoms with Crippen LogP contribution in [0.25, 0.3) is 0 Å². The van der Waals surface area contributed by atoms with Crippen LogP contribution in [0.1, 0.15) is 75.7 Å². The van der Waals surface area contributed by atoms with Crippen molar-refractivity contribution in [3.8, 4) is 11.5 Å². The van der Waals surface area contributed by atoms with Gasteiger partial charge in [0, 0.05) is 93.5 Å². The van der Waals surface area contributed by atoms with E-state index >= 15 is 4.39 Å². The van der Waals surface area contributed by atoms with Crippen LogP contribution >= 0.6 is 0 Å². The van der Waals surface area contributed by atoms with Crippen LogP contribution in [0, 0.1) is 24.5 Å². The minimum atomic E-state index is -0.726. The highest BCUT2D eigenvalue weighted by Crippen LogP contribution is 2.47. The Morgan fingerprint density at radius 3 is 2.30 bits per heavy atom. The van der Waals surface area contributed by atoms with E-state index in [0.29, 0.717) is 53.7 Å². The van der Waals surface area contributed by atoms with Crippen LogP contribution in [0.3, 0.4) is 0 Å². The van der Waals surface area contributed by atoms with E-state index in [2.05, 4.69) is 44.3 Å². The van der Waals surface area contributed by atoms with Gasteiger partial charge < -0.3 is 24.5 Å². The van der Waals surface area contributed by atoms with Gasteiger partial charge in [-0.1, -0.05) is 30.3 Å². The van der Waals surface area contributed by atoms with E-state index in [1.54, 1.807) is 25.1 Å². The van der Waals surface area contributed by atoms with Gasteiger partial charge in [0.25, 0.3) is 5.91 Å². The van der Waals surface area contributed by atoms with E-state index in [0.717, 1.165) is 62.3 Å². The Morgan fingerprint density at radius 1 is 0.807 bits per heavy atom. The number of halogens is 2. The summed E-state index contributed by atoms with van der Waals surface area (Å²) in [6, 6.07) is 21.8. The van der Waals surface area contributed by atoms with Gasteiger partial charge in [-0.3, -0.25) is 24.6 Å². The Labute approximate surface area is 331 Å². The molecule has 4 aromatic carbocycles. The molecule has 0 saturated carbocycles. The van der Waals surface area contributed by atoms with Gasteiger partial charge in [-0.2, -0.15) is 0 Å². The third-order valence-electron chi connectivity index (χ3n) is 12.8. The number of rotatable bonds is 7. The monoisotopic (exact) mass is 775 g/mol. The number of piperidine rings is 2. The summed E-state index contributed by atoms with van der Waals surface area (Å²) in [5.74, 6) is -0.444. The topological polar surface area (TPSA) is 106 Å². The van der Waals surface area contributed by atoms with Crippen molar-refractivity contribution < 1.29 is 33.0 Å². The second kappa shape index (κ2) is 15.1. The van der Waals surface area contributed by atoms with Crippen LogP contribution in [0.4, 0.5) is 20.2 Å². The lowest BCUT2D eigenvalue weighted by molar-refractivity contribution is -0.136. The number of imide groups is 1. The van der Waals surface area contributed by atoms with Crippen molar-refractivity contribution in [2.45, 2.75) is 57.0 Å². The Kier molecular flexibility index (Phi) is 9.84. The second-order valence-electron chi connectivity index (χ2n) is 16.3. The molecule has 1 unspecified atom stereocenters. The summed E-state index contributed by atoms with van der Waals surface area (Å²) in [6.07, 6.45) is 2.62. The smallest absolute Gasteiger partial charge is 0.255 e. The van der Waals surface area contributed by atoms with Gasteiger partial charge in [0.15, 0.2) is 0 Å². The zero-order valence-electron chi connectivity index (χ0n) is 32.1. The van der Waals surface area contributed by atoms with E-state index in [1.165, 1.54) is 22.7 Å². The number of benzene rings is 4. The lowest BCUT2D eigenvalue weighted by Gasteiger charge is -2.40. The second-order valence-corrected chi connectivity index (χ2v) is 16.3. The molecule has 2 N–H and O–H groups in total. The van der Waals surface area contributed by atoms with Crippen molar-refractivity contribution in [2.24, 2.45) is 5.92 Å². The van der Waals surface area contributed by atoms with E-state index in [9.17, 15) is 23.9 Å². The van der Waals surface area contributed by atoms with Crippen LogP contribution in [0.15, 0.2) is 72.8 Å². The molecule has 10 nitrogen and oxygen atoms in total. The number of aromatic hydroxyl groups is 1. The Morgan fingerprint density at radius 2 is 1.56 bits per heavy atom. The normalized spacial score (nSPS) is 23.0. The van der Waals surface area contributed by atoms with Crippen LogP contribution < -0.4 is 19.9 Å². The van der Waals surface area contributed by atoms with Crippen molar-refractivity contribution in [3.05, 3.63) is 118 Å². The summed E-state index contributed by atoms with van der Waals surface area (Å²) in [7, 11) is 0. The molecule has 5 aliphatic rings. The fourth-order valence-electron chi connectivity index (χ4n) is 9.62. The summed E-state index contributed by atoms with van der Waals surface area (Å²) in [5.41, 5.74) is 6.48. The lowest BCUT2D eigenvalue weighted by atomic mass is 9.75. The molecule has 3 fully saturated rings. The number of carbonyl (C=O) groups excluding carboxylic acids is 3. The van der Waals surface area contributed by atoms with Crippen LogP contribution in [-0.2, 0) is 16.1 Å². The van der Waals surface area contributed by atoms with Gasteiger partial charge in [-0.15, -0.1) is 0 Å². The molecule has 3 saturated heterocycles. The number of nitrogens with one attached hydrogen (secondary N) is 1. The number of piperazine rings is 1. The van der Waals surface area contributed by atoms with Crippen LogP contribution in [0.2, 0.25) is 0 Å². The van der Waals surface area contributed by atoms with E-state index in [4.69, 9.17) is 4.74 Å². The SMILES string of the molecule is Cc1cc([C@H]2COc3cc(O)ccc3C2c2ccc(N3CCC(CN4CCN(c5cc6c(cc5F)C(=O)N([C@H]5CCC(=O)NC5=O)C6)CC4)CC3)cc2)ccc1F. The van der Waals surface area contributed by atoms with E-state index < -0.39 is 17.8 Å². The highest BCUT2D eigenvalue weighted by Gasteiger charge is 2.40. The molecule has 57 heavy (non-hydrogen) atoms. The van der Waals surface area contributed by atoms with Crippen LogP contribution in [0.5, 0.6) is 11.5 Å². The minimum Gasteiger partial charge on any atom is -0.508 e. The molecule has 0 spiro atoms. The molecular formula is C45H47F2N5O5. The number of hydrogen-bond acceptors (Lipinski definition) is 8. The average Bonchev–Trinajstić information content (AvgIpc) is 3.53. The molecule has 3 atom stereocenters. The molecule has 5 heterocycles. The van der Waals surface area contributed by atoms with Gasteiger partial charge in [0.05, 0.1) is 12.3 Å². The Hall–Kier alpha value is -5.49.